The number of nitrogens with zero attached hydrogens (tertiary/aromatic N) is 4. The third-order valence-electron chi connectivity index (χ3n) is 9.17. The number of methoxy groups -OCH3 is 2. The van der Waals surface area contributed by atoms with Gasteiger partial charge in [-0.15, -0.1) is 0 Å². The van der Waals surface area contributed by atoms with E-state index in [0.717, 1.165) is 50.7 Å². The number of hydrogen-bond donors (Lipinski definition) is 2. The van der Waals surface area contributed by atoms with E-state index in [0.29, 0.717) is 39.2 Å². The van der Waals surface area contributed by atoms with Crippen molar-refractivity contribution in [3.05, 3.63) is 136 Å². The monoisotopic (exact) mass is 856 g/mol. The number of nitrogens with two attached hydrogens (primary N) is 2. The first-order valence-corrected chi connectivity index (χ1v) is 19.5. The van der Waals surface area contributed by atoms with Crippen molar-refractivity contribution in [3.63, 3.8) is 0 Å². The zero-order chi connectivity index (χ0) is 40.5. The van der Waals surface area contributed by atoms with Crippen LogP contribution in [0.15, 0.2) is 109 Å². The van der Waals surface area contributed by atoms with Crippen LogP contribution in [0.2, 0.25) is 10.0 Å². The second-order valence-corrected chi connectivity index (χ2v) is 15.2. The van der Waals surface area contributed by atoms with Gasteiger partial charge >= 0.3 is 7.12 Å². The van der Waals surface area contributed by atoms with Gasteiger partial charge < -0.3 is 30.2 Å². The van der Waals surface area contributed by atoms with Crippen LogP contribution in [0.3, 0.4) is 0 Å². The number of ether oxygens (including phenoxy) is 2. The maximum atomic E-state index is 6.09. The Hall–Kier alpha value is -4.72. The summed E-state index contributed by atoms with van der Waals surface area (Å²) in [5, 5.41) is 2.07. The Labute approximate surface area is 347 Å². The number of rotatable bonds is 8. The van der Waals surface area contributed by atoms with E-state index in [9.17, 15) is 0 Å². The molecule has 6 aromatic rings. The molecule has 1 saturated heterocycles. The van der Waals surface area contributed by atoms with E-state index in [2.05, 4.69) is 30.9 Å². The molecule has 1 aliphatic heterocycles. The van der Waals surface area contributed by atoms with Crippen LogP contribution >= 0.6 is 39.1 Å². The standard InChI is InChI=1S/C18H16ClN3O.C13H11BrClNO.C11H17BN2O2/c1-23-16-7-6-15(9-12-5-8-17(20)21-11-12)22-18(16)13-3-2-4-14(19)10-13;1-17-12-6-5-11(8-14)16-13(12)9-3-2-4-10(15)7-9;1-10(2)11(3,4)16-12(15-10)8-5-6-9(13)14-7-8/h2-8,10-11H,9H2,1H3,(H2,20,21);2-7H,8H2,1H3;5-7H,1-4H3,(H2,13,14). The van der Waals surface area contributed by atoms with Crippen LogP contribution in [-0.2, 0) is 21.1 Å². The molecule has 0 spiro atoms. The van der Waals surface area contributed by atoms with Crippen molar-refractivity contribution >= 4 is 63.3 Å². The Balaban J connectivity index is 0.000000164. The molecule has 0 amide bonds. The molecule has 4 N–H and O–H groups in total. The summed E-state index contributed by atoms with van der Waals surface area (Å²) in [5.41, 5.74) is 17.8. The molecule has 1 fully saturated rings. The van der Waals surface area contributed by atoms with Gasteiger partial charge in [-0.3, -0.25) is 0 Å². The van der Waals surface area contributed by atoms with Gasteiger partial charge in [0.1, 0.15) is 34.5 Å². The number of aromatic nitrogens is 4. The number of nitrogen functional groups attached to an aromatic ring is 2. The number of hydrogen-bond acceptors (Lipinski definition) is 10. The Bertz CT molecular complexity index is 2210. The van der Waals surface area contributed by atoms with Gasteiger partial charge in [-0.05, 0) is 93.9 Å². The highest BCUT2D eigenvalue weighted by Crippen LogP contribution is 2.36. The number of halogens is 3. The van der Waals surface area contributed by atoms with Crippen LogP contribution in [0, 0.1) is 0 Å². The fourth-order valence-electron chi connectivity index (χ4n) is 5.45. The minimum absolute atomic E-state index is 0.320. The molecule has 14 heteroatoms. The first kappa shape index (κ1) is 42.4. The normalized spacial score (nSPS) is 13.8. The van der Waals surface area contributed by atoms with Gasteiger partial charge in [-0.2, -0.15) is 0 Å². The number of anilines is 2. The summed E-state index contributed by atoms with van der Waals surface area (Å²) < 4.78 is 22.5. The largest absolute Gasteiger partial charge is 0.496 e. The van der Waals surface area contributed by atoms with Crippen molar-refractivity contribution in [2.45, 2.75) is 50.6 Å². The van der Waals surface area contributed by atoms with Gasteiger partial charge in [0, 0.05) is 56.5 Å². The minimum atomic E-state index is -0.363. The average Bonchev–Trinajstić information content (AvgIpc) is 3.41. The molecule has 10 nitrogen and oxygen atoms in total. The van der Waals surface area contributed by atoms with Gasteiger partial charge in [-0.1, -0.05) is 75.5 Å². The highest BCUT2D eigenvalue weighted by molar-refractivity contribution is 9.08. The molecule has 0 radical (unpaired) electrons. The van der Waals surface area contributed by atoms with E-state index in [4.69, 9.17) is 58.4 Å². The van der Waals surface area contributed by atoms with E-state index in [1.54, 1.807) is 38.7 Å². The lowest BCUT2D eigenvalue weighted by Gasteiger charge is -2.32. The second kappa shape index (κ2) is 18.9. The quantitative estimate of drug-likeness (QED) is 0.112. The average molecular weight is 858 g/mol. The maximum absolute atomic E-state index is 6.09. The molecule has 7 rings (SSSR count). The molecule has 1 aliphatic rings. The van der Waals surface area contributed by atoms with E-state index in [-0.39, 0.29) is 18.3 Å². The Morgan fingerprint density at radius 3 is 1.61 bits per heavy atom. The molecular weight excluding hydrogens is 814 g/mol. The second-order valence-electron chi connectivity index (χ2n) is 13.7. The van der Waals surface area contributed by atoms with Gasteiger partial charge in [0.25, 0.3) is 0 Å². The molecule has 0 bridgehead atoms. The zero-order valence-electron chi connectivity index (χ0n) is 32.1. The third kappa shape index (κ3) is 11.0. The Morgan fingerprint density at radius 2 is 1.16 bits per heavy atom. The summed E-state index contributed by atoms with van der Waals surface area (Å²) in [6, 6.07) is 30.2. The van der Waals surface area contributed by atoms with Crippen molar-refractivity contribution in [2.75, 3.05) is 25.7 Å². The minimum Gasteiger partial charge on any atom is -0.494 e. The van der Waals surface area contributed by atoms with Gasteiger partial charge in [0.2, 0.25) is 0 Å². The molecule has 0 unspecified atom stereocenters. The molecule has 2 aromatic carbocycles. The highest BCUT2D eigenvalue weighted by Gasteiger charge is 2.51. The van der Waals surface area contributed by atoms with Crippen molar-refractivity contribution in [1.29, 1.82) is 0 Å². The van der Waals surface area contributed by atoms with Gasteiger partial charge in [0.15, 0.2) is 0 Å². The lowest BCUT2D eigenvalue weighted by atomic mass is 9.80. The summed E-state index contributed by atoms with van der Waals surface area (Å²) in [5.74, 6) is 2.47. The van der Waals surface area contributed by atoms with Crippen molar-refractivity contribution in [3.8, 4) is 34.0 Å². The van der Waals surface area contributed by atoms with Gasteiger partial charge in [0.05, 0.1) is 31.1 Å². The molecule has 4 aromatic heterocycles. The topological polar surface area (TPSA) is 141 Å². The first-order valence-electron chi connectivity index (χ1n) is 17.6. The molecule has 290 valence electrons. The van der Waals surface area contributed by atoms with Crippen LogP contribution in [0.4, 0.5) is 11.6 Å². The maximum Gasteiger partial charge on any atom is 0.496 e. The fraction of sp³-hybridized carbons (Fsp3) is 0.238. The molecule has 56 heavy (non-hydrogen) atoms. The summed E-state index contributed by atoms with van der Waals surface area (Å²) in [6.45, 7) is 8.10. The first-order chi connectivity index (χ1) is 26.7. The summed E-state index contributed by atoms with van der Waals surface area (Å²) >= 11 is 15.5. The molecule has 0 aliphatic carbocycles. The fourth-order valence-corrected chi connectivity index (χ4v) is 6.14. The van der Waals surface area contributed by atoms with Gasteiger partial charge in [-0.25, -0.2) is 19.9 Å². The zero-order valence-corrected chi connectivity index (χ0v) is 35.2. The van der Waals surface area contributed by atoms with E-state index in [1.165, 1.54) is 0 Å². The summed E-state index contributed by atoms with van der Waals surface area (Å²) in [4.78, 5) is 17.4. The number of alkyl halides is 1. The van der Waals surface area contributed by atoms with Crippen molar-refractivity contribution < 1.29 is 18.8 Å². The molecule has 5 heterocycles. The highest BCUT2D eigenvalue weighted by atomic mass is 79.9. The van der Waals surface area contributed by atoms with Crippen molar-refractivity contribution in [2.24, 2.45) is 0 Å². The van der Waals surface area contributed by atoms with E-state index >= 15 is 0 Å². The van der Waals surface area contributed by atoms with Crippen LogP contribution in [0.25, 0.3) is 22.5 Å². The number of benzene rings is 2. The lowest BCUT2D eigenvalue weighted by molar-refractivity contribution is 0.00578. The lowest BCUT2D eigenvalue weighted by Crippen LogP contribution is -2.41. The summed E-state index contributed by atoms with van der Waals surface area (Å²) in [7, 11) is 2.91. The third-order valence-corrected chi connectivity index (χ3v) is 10.2. The van der Waals surface area contributed by atoms with Crippen molar-refractivity contribution in [1.82, 2.24) is 19.9 Å². The summed E-state index contributed by atoms with van der Waals surface area (Å²) in [6.07, 6.45) is 4.13. The van der Waals surface area contributed by atoms with Crippen LogP contribution in [-0.4, -0.2) is 52.5 Å². The number of pyridine rings is 4. The van der Waals surface area contributed by atoms with Crippen LogP contribution in [0.5, 0.6) is 11.5 Å². The predicted octanol–water partition coefficient (Wildman–Crippen LogP) is 9.25. The van der Waals surface area contributed by atoms with E-state index in [1.807, 2.05) is 113 Å². The Morgan fingerprint density at radius 1 is 0.661 bits per heavy atom. The SMILES string of the molecule is CC1(C)OB(c2ccc(N)nc2)OC1(C)C.COc1ccc(CBr)nc1-c1cccc(Cl)c1.COc1ccc(Cc2ccc(N)nc2)nc1-c1cccc(Cl)c1. The smallest absolute Gasteiger partial charge is 0.494 e. The van der Waals surface area contributed by atoms with E-state index < -0.39 is 0 Å². The Kier molecular flexibility index (Phi) is 14.4. The molecular formula is C42H44BBrCl2N6O4. The predicted molar refractivity (Wildman–Crippen MR) is 231 cm³/mol. The molecule has 0 atom stereocenters. The molecule has 0 saturated carbocycles. The van der Waals surface area contributed by atoms with Crippen LogP contribution < -0.4 is 26.4 Å². The van der Waals surface area contributed by atoms with Crippen LogP contribution in [0.1, 0.15) is 44.6 Å².